The molecule has 0 fully saturated rings. The molecule has 2 aromatic rings. The van der Waals surface area contributed by atoms with Crippen LogP contribution in [0.5, 0.6) is 0 Å². The van der Waals surface area contributed by atoms with Gasteiger partial charge < -0.3 is 15.0 Å². The van der Waals surface area contributed by atoms with Crippen LogP contribution in [0.2, 0.25) is 0 Å². The standard InChI is InChI=1S/C11H13N5O3S/c1-3-16-5-13-15-7(16)4-12-11-14-8(10(18)19)9(20-11)6(2)17/h5H,3-4H2,1-2H3,(H,12,14)(H,18,19). The van der Waals surface area contributed by atoms with Gasteiger partial charge in [-0.2, -0.15) is 0 Å². The van der Waals surface area contributed by atoms with Gasteiger partial charge in [0.15, 0.2) is 22.4 Å². The minimum absolute atomic E-state index is 0.136. The van der Waals surface area contributed by atoms with Crippen LogP contribution in [0.25, 0.3) is 0 Å². The van der Waals surface area contributed by atoms with Crippen molar-refractivity contribution in [2.24, 2.45) is 0 Å². The van der Waals surface area contributed by atoms with Gasteiger partial charge in [-0.3, -0.25) is 4.79 Å². The summed E-state index contributed by atoms with van der Waals surface area (Å²) in [5.74, 6) is -0.815. The van der Waals surface area contributed by atoms with Crippen LogP contribution in [0.4, 0.5) is 5.13 Å². The lowest BCUT2D eigenvalue weighted by Gasteiger charge is -2.03. The van der Waals surface area contributed by atoms with Crippen LogP contribution in [-0.4, -0.2) is 36.6 Å². The number of anilines is 1. The molecule has 0 saturated heterocycles. The molecule has 0 saturated carbocycles. The lowest BCUT2D eigenvalue weighted by molar-refractivity contribution is 0.0687. The molecule has 0 spiro atoms. The second-order valence-electron chi connectivity index (χ2n) is 3.94. The molecular formula is C11H13N5O3S. The fourth-order valence-electron chi connectivity index (χ4n) is 1.61. The highest BCUT2D eigenvalue weighted by molar-refractivity contribution is 7.17. The summed E-state index contributed by atoms with van der Waals surface area (Å²) in [5, 5.41) is 20.1. The number of nitrogens with zero attached hydrogens (tertiary/aromatic N) is 4. The molecule has 0 amide bonds. The molecule has 0 aliphatic heterocycles. The first-order valence-electron chi connectivity index (χ1n) is 5.88. The van der Waals surface area contributed by atoms with E-state index >= 15 is 0 Å². The fourth-order valence-corrected chi connectivity index (χ4v) is 2.46. The van der Waals surface area contributed by atoms with E-state index in [0.29, 0.717) is 17.5 Å². The maximum absolute atomic E-state index is 11.4. The van der Waals surface area contributed by atoms with E-state index in [2.05, 4.69) is 20.5 Å². The van der Waals surface area contributed by atoms with Crippen molar-refractivity contribution in [3.8, 4) is 0 Å². The van der Waals surface area contributed by atoms with Crippen LogP contribution >= 0.6 is 11.3 Å². The molecule has 0 aromatic carbocycles. The molecule has 8 nitrogen and oxygen atoms in total. The number of aromatic nitrogens is 4. The first kappa shape index (κ1) is 14.1. The van der Waals surface area contributed by atoms with Gasteiger partial charge in [-0.15, -0.1) is 10.2 Å². The van der Waals surface area contributed by atoms with Crippen LogP contribution in [0.3, 0.4) is 0 Å². The van der Waals surface area contributed by atoms with E-state index in [1.165, 1.54) is 6.92 Å². The quantitative estimate of drug-likeness (QED) is 0.772. The van der Waals surface area contributed by atoms with Crippen molar-refractivity contribution in [2.75, 3.05) is 5.32 Å². The summed E-state index contributed by atoms with van der Waals surface area (Å²) in [7, 11) is 0. The fraction of sp³-hybridized carbons (Fsp3) is 0.364. The normalized spacial score (nSPS) is 10.5. The molecule has 0 radical (unpaired) electrons. The van der Waals surface area contributed by atoms with Crippen molar-refractivity contribution in [3.05, 3.63) is 22.7 Å². The van der Waals surface area contributed by atoms with E-state index in [4.69, 9.17) is 5.11 Å². The molecule has 0 bridgehead atoms. The van der Waals surface area contributed by atoms with E-state index in [9.17, 15) is 9.59 Å². The molecule has 0 atom stereocenters. The highest BCUT2D eigenvalue weighted by Gasteiger charge is 2.20. The minimum atomic E-state index is -1.21. The zero-order chi connectivity index (χ0) is 14.7. The lowest BCUT2D eigenvalue weighted by Crippen LogP contribution is -2.08. The van der Waals surface area contributed by atoms with Crippen LogP contribution < -0.4 is 5.32 Å². The molecular weight excluding hydrogens is 282 g/mol. The second-order valence-corrected chi connectivity index (χ2v) is 4.94. The Labute approximate surface area is 118 Å². The molecule has 0 aliphatic rings. The first-order chi connectivity index (χ1) is 9.52. The lowest BCUT2D eigenvalue weighted by atomic mass is 10.3. The van der Waals surface area contributed by atoms with Gasteiger partial charge in [0.05, 0.1) is 6.54 Å². The number of carboxylic acids is 1. The zero-order valence-corrected chi connectivity index (χ0v) is 11.8. The van der Waals surface area contributed by atoms with Crippen LogP contribution in [-0.2, 0) is 13.1 Å². The molecule has 2 N–H and O–H groups in total. The summed E-state index contributed by atoms with van der Waals surface area (Å²) in [6.07, 6.45) is 1.61. The number of hydrogen-bond acceptors (Lipinski definition) is 7. The molecule has 2 heterocycles. The Kier molecular flexibility index (Phi) is 4.08. The third-order valence-electron chi connectivity index (χ3n) is 2.58. The van der Waals surface area contributed by atoms with E-state index in [1.54, 1.807) is 6.33 Å². The molecule has 0 unspecified atom stereocenters. The number of hydrogen-bond donors (Lipinski definition) is 2. The van der Waals surface area contributed by atoms with E-state index in [-0.39, 0.29) is 16.4 Å². The molecule has 9 heteroatoms. The third kappa shape index (κ3) is 2.82. The van der Waals surface area contributed by atoms with Crippen molar-refractivity contribution >= 4 is 28.2 Å². The average molecular weight is 295 g/mol. The number of carbonyl (C=O) groups excluding carboxylic acids is 1. The third-order valence-corrected chi connectivity index (χ3v) is 3.70. The molecule has 20 heavy (non-hydrogen) atoms. The Morgan fingerprint density at radius 3 is 2.80 bits per heavy atom. The van der Waals surface area contributed by atoms with Gasteiger partial charge in [-0.1, -0.05) is 11.3 Å². The Bertz CT molecular complexity index is 617. The predicted molar refractivity (Wildman–Crippen MR) is 72.1 cm³/mol. The van der Waals surface area contributed by atoms with Gasteiger partial charge in [0.2, 0.25) is 0 Å². The largest absolute Gasteiger partial charge is 0.476 e. The number of nitrogens with one attached hydrogen (secondary N) is 1. The number of carbonyl (C=O) groups is 2. The SMILES string of the molecule is CCn1cnnc1CNc1nc(C(=O)O)c(C(C)=O)s1. The maximum Gasteiger partial charge on any atom is 0.356 e. The van der Waals surface area contributed by atoms with E-state index < -0.39 is 5.97 Å². The Balaban J connectivity index is 2.16. The number of aryl methyl sites for hydroxylation is 1. The van der Waals surface area contributed by atoms with Crippen molar-refractivity contribution in [1.29, 1.82) is 0 Å². The highest BCUT2D eigenvalue weighted by Crippen LogP contribution is 2.24. The summed E-state index contributed by atoms with van der Waals surface area (Å²) in [4.78, 5) is 26.4. The smallest absolute Gasteiger partial charge is 0.356 e. The zero-order valence-electron chi connectivity index (χ0n) is 11.0. The molecule has 2 aromatic heterocycles. The summed E-state index contributed by atoms with van der Waals surface area (Å²) in [6, 6.07) is 0. The number of thiazole rings is 1. The number of rotatable bonds is 6. The van der Waals surface area contributed by atoms with Crippen molar-refractivity contribution in [1.82, 2.24) is 19.7 Å². The number of Topliss-reactive ketones (excluding diaryl/α,β-unsaturated/α-hetero) is 1. The summed E-state index contributed by atoms with van der Waals surface area (Å²) >= 11 is 1.02. The molecule has 2 rings (SSSR count). The van der Waals surface area contributed by atoms with Gasteiger partial charge in [0, 0.05) is 13.5 Å². The molecule has 106 valence electrons. The Hall–Kier alpha value is -2.29. The van der Waals surface area contributed by atoms with Crippen LogP contribution in [0, 0.1) is 0 Å². The maximum atomic E-state index is 11.4. The van der Waals surface area contributed by atoms with Gasteiger partial charge in [-0.25, -0.2) is 9.78 Å². The van der Waals surface area contributed by atoms with E-state index in [1.807, 2.05) is 11.5 Å². The number of aromatic carboxylic acids is 1. The average Bonchev–Trinajstić information content (AvgIpc) is 3.02. The monoisotopic (exact) mass is 295 g/mol. The van der Waals surface area contributed by atoms with Crippen molar-refractivity contribution in [2.45, 2.75) is 26.9 Å². The van der Waals surface area contributed by atoms with Crippen molar-refractivity contribution in [3.63, 3.8) is 0 Å². The number of ketones is 1. The summed E-state index contributed by atoms with van der Waals surface area (Å²) in [6.45, 7) is 4.38. The predicted octanol–water partition coefficient (Wildman–Crippen LogP) is 1.27. The highest BCUT2D eigenvalue weighted by atomic mass is 32.1. The first-order valence-corrected chi connectivity index (χ1v) is 6.70. The Morgan fingerprint density at radius 1 is 1.50 bits per heavy atom. The summed E-state index contributed by atoms with van der Waals surface area (Å²) < 4.78 is 1.85. The van der Waals surface area contributed by atoms with Gasteiger partial charge in [-0.05, 0) is 6.92 Å². The molecule has 0 aliphatic carbocycles. The van der Waals surface area contributed by atoms with E-state index in [0.717, 1.165) is 17.9 Å². The van der Waals surface area contributed by atoms with Gasteiger partial charge in [0.25, 0.3) is 0 Å². The van der Waals surface area contributed by atoms with Crippen molar-refractivity contribution < 1.29 is 14.7 Å². The van der Waals surface area contributed by atoms with Gasteiger partial charge in [0.1, 0.15) is 11.2 Å². The summed E-state index contributed by atoms with van der Waals surface area (Å²) in [5.41, 5.74) is -0.220. The number of carboxylic acid groups (broad SMARTS) is 1. The topological polar surface area (TPSA) is 110 Å². The van der Waals surface area contributed by atoms with Crippen LogP contribution in [0.1, 0.15) is 39.8 Å². The Morgan fingerprint density at radius 2 is 2.25 bits per heavy atom. The van der Waals surface area contributed by atoms with Crippen LogP contribution in [0.15, 0.2) is 6.33 Å². The minimum Gasteiger partial charge on any atom is -0.476 e. The second kappa shape index (κ2) is 5.78. The van der Waals surface area contributed by atoms with Gasteiger partial charge >= 0.3 is 5.97 Å².